The van der Waals surface area contributed by atoms with Crippen molar-refractivity contribution in [3.63, 3.8) is 0 Å². The minimum absolute atomic E-state index is 0.0644. The van der Waals surface area contributed by atoms with Crippen molar-refractivity contribution in [2.45, 2.75) is 19.8 Å². The van der Waals surface area contributed by atoms with E-state index in [2.05, 4.69) is 16.4 Å². The lowest BCUT2D eigenvalue weighted by molar-refractivity contribution is -0.269. The lowest BCUT2D eigenvalue weighted by atomic mass is 10.0. The first-order chi connectivity index (χ1) is 7.84. The topological polar surface area (TPSA) is 110 Å². The van der Waals surface area contributed by atoms with Gasteiger partial charge in [-0.15, -0.1) is 0 Å². The van der Waals surface area contributed by atoms with Gasteiger partial charge in [-0.3, -0.25) is 14.5 Å². The van der Waals surface area contributed by atoms with Crippen LogP contribution < -0.4 is 0 Å². The van der Waals surface area contributed by atoms with Crippen molar-refractivity contribution in [3.05, 3.63) is 12.2 Å². The van der Waals surface area contributed by atoms with E-state index in [0.717, 1.165) is 0 Å². The summed E-state index contributed by atoms with van der Waals surface area (Å²) in [5.41, 5.74) is 0.144. The van der Waals surface area contributed by atoms with E-state index in [1.54, 1.807) is 0 Å². The van der Waals surface area contributed by atoms with Crippen molar-refractivity contribution < 1.29 is 34.4 Å². The molecule has 0 fully saturated rings. The molecule has 0 radical (unpaired) electrons. The van der Waals surface area contributed by atoms with Crippen molar-refractivity contribution in [1.29, 1.82) is 0 Å². The molecule has 0 saturated carbocycles. The molecule has 0 aliphatic carbocycles. The third kappa shape index (κ3) is 7.07. The molecule has 2 N–H and O–H groups in total. The molecule has 0 rings (SSSR count). The van der Waals surface area contributed by atoms with E-state index in [1.165, 1.54) is 6.92 Å². The van der Waals surface area contributed by atoms with Crippen LogP contribution in [-0.2, 0) is 24.2 Å². The molecule has 0 bridgehead atoms. The van der Waals surface area contributed by atoms with Gasteiger partial charge in [0.1, 0.15) is 0 Å². The molecule has 0 saturated heterocycles. The summed E-state index contributed by atoms with van der Waals surface area (Å²) in [5, 5.41) is 17.1. The molecule has 0 amide bonds. The second-order valence-electron chi connectivity index (χ2n) is 3.39. The van der Waals surface area contributed by atoms with Crippen LogP contribution in [0.4, 0.5) is 0 Å². The van der Waals surface area contributed by atoms with E-state index >= 15 is 0 Å². The number of carboxylic acid groups (broad SMARTS) is 2. The second kappa shape index (κ2) is 7.39. The number of carbonyl (C=O) groups excluding carboxylic acids is 1. The van der Waals surface area contributed by atoms with E-state index in [1.807, 2.05) is 0 Å². The summed E-state index contributed by atoms with van der Waals surface area (Å²) in [6.45, 7) is 4.55. The predicted molar refractivity (Wildman–Crippen MR) is 54.9 cm³/mol. The van der Waals surface area contributed by atoms with Crippen LogP contribution in [0, 0.1) is 5.92 Å². The first kappa shape index (κ1) is 15.1. The monoisotopic (exact) mass is 246 g/mol. The van der Waals surface area contributed by atoms with Gasteiger partial charge >= 0.3 is 17.9 Å². The van der Waals surface area contributed by atoms with Gasteiger partial charge in [-0.25, -0.2) is 4.79 Å². The zero-order valence-corrected chi connectivity index (χ0v) is 9.34. The first-order valence-corrected chi connectivity index (χ1v) is 4.78. The van der Waals surface area contributed by atoms with Crippen LogP contribution >= 0.6 is 0 Å². The number of carboxylic acids is 2. The Bertz CT molecular complexity index is 321. The summed E-state index contributed by atoms with van der Waals surface area (Å²) in [6, 6.07) is 0. The van der Waals surface area contributed by atoms with E-state index in [9.17, 15) is 14.4 Å². The van der Waals surface area contributed by atoms with E-state index in [0.29, 0.717) is 0 Å². The average Bonchev–Trinajstić information content (AvgIpc) is 2.21. The number of rotatable bonds is 8. The summed E-state index contributed by atoms with van der Waals surface area (Å²) >= 11 is 0. The standard InChI is InChI=1S/C10H14O7/c1-6(2)10(15)17-16-4-3-7(9(13)14)5-8(11)12/h7H,1,3-5H2,2H3,(H,11,12)(H,13,14). The molecule has 1 atom stereocenters. The Morgan fingerprint density at radius 2 is 1.88 bits per heavy atom. The Kier molecular flexibility index (Phi) is 6.57. The van der Waals surface area contributed by atoms with Gasteiger partial charge in [0.05, 0.1) is 18.9 Å². The largest absolute Gasteiger partial charge is 0.481 e. The smallest absolute Gasteiger partial charge is 0.368 e. The first-order valence-electron chi connectivity index (χ1n) is 4.78. The molecule has 0 aliphatic heterocycles. The number of hydrogen-bond donors (Lipinski definition) is 2. The molecule has 17 heavy (non-hydrogen) atoms. The third-order valence-corrected chi connectivity index (χ3v) is 1.80. The van der Waals surface area contributed by atoms with Crippen molar-refractivity contribution in [2.24, 2.45) is 5.92 Å². The van der Waals surface area contributed by atoms with E-state index in [-0.39, 0.29) is 18.6 Å². The Balaban J connectivity index is 3.91. The molecular weight excluding hydrogens is 232 g/mol. The van der Waals surface area contributed by atoms with Crippen LogP contribution in [0.25, 0.3) is 0 Å². The highest BCUT2D eigenvalue weighted by atomic mass is 17.2. The molecule has 0 heterocycles. The van der Waals surface area contributed by atoms with Crippen LogP contribution in [0.3, 0.4) is 0 Å². The van der Waals surface area contributed by atoms with Crippen LogP contribution in [0.5, 0.6) is 0 Å². The molecule has 96 valence electrons. The summed E-state index contributed by atoms with van der Waals surface area (Å²) in [5.74, 6) is -4.27. The van der Waals surface area contributed by atoms with Gasteiger partial charge in [-0.2, -0.15) is 4.89 Å². The van der Waals surface area contributed by atoms with Gasteiger partial charge in [-0.05, 0) is 13.3 Å². The average molecular weight is 246 g/mol. The predicted octanol–water partition coefficient (Wildman–Crippen LogP) is 0.603. The molecule has 0 aromatic carbocycles. The fourth-order valence-electron chi connectivity index (χ4n) is 0.880. The quantitative estimate of drug-likeness (QED) is 0.279. The minimum Gasteiger partial charge on any atom is -0.481 e. The minimum atomic E-state index is -1.23. The Morgan fingerprint density at radius 3 is 2.29 bits per heavy atom. The Hall–Kier alpha value is -1.89. The highest BCUT2D eigenvalue weighted by Gasteiger charge is 2.21. The lowest BCUT2D eigenvalue weighted by Gasteiger charge is -2.09. The normalized spacial score (nSPS) is 11.6. The maximum atomic E-state index is 10.8. The van der Waals surface area contributed by atoms with Crippen molar-refractivity contribution in [1.82, 2.24) is 0 Å². The maximum Gasteiger partial charge on any atom is 0.368 e. The van der Waals surface area contributed by atoms with Crippen LogP contribution in [0.15, 0.2) is 12.2 Å². The highest BCUT2D eigenvalue weighted by Crippen LogP contribution is 2.09. The van der Waals surface area contributed by atoms with Crippen LogP contribution in [0.1, 0.15) is 19.8 Å². The van der Waals surface area contributed by atoms with Gasteiger partial charge < -0.3 is 10.2 Å². The van der Waals surface area contributed by atoms with Crippen molar-refractivity contribution >= 4 is 17.9 Å². The summed E-state index contributed by atoms with van der Waals surface area (Å²) in [7, 11) is 0. The molecule has 7 nitrogen and oxygen atoms in total. The van der Waals surface area contributed by atoms with E-state index in [4.69, 9.17) is 10.2 Å². The molecule has 0 aromatic rings. The van der Waals surface area contributed by atoms with Gasteiger partial charge in [0.15, 0.2) is 0 Å². The Morgan fingerprint density at radius 1 is 1.29 bits per heavy atom. The Labute approximate surface area is 97.6 Å². The fourth-order valence-corrected chi connectivity index (χ4v) is 0.880. The molecular formula is C10H14O7. The third-order valence-electron chi connectivity index (χ3n) is 1.80. The molecule has 0 spiro atoms. The lowest BCUT2D eigenvalue weighted by Crippen LogP contribution is -2.20. The molecule has 0 aliphatic rings. The number of hydrogen-bond acceptors (Lipinski definition) is 5. The number of aliphatic carboxylic acids is 2. The van der Waals surface area contributed by atoms with Gasteiger partial charge in [-0.1, -0.05) is 6.58 Å². The SMILES string of the molecule is C=C(C)C(=O)OOCCC(CC(=O)O)C(=O)O. The van der Waals surface area contributed by atoms with Gasteiger partial charge in [0, 0.05) is 5.57 Å². The maximum absolute atomic E-state index is 10.8. The highest BCUT2D eigenvalue weighted by molar-refractivity contribution is 5.86. The summed E-state index contributed by atoms with van der Waals surface area (Å²) < 4.78 is 0. The fraction of sp³-hybridized carbons (Fsp3) is 0.500. The number of carbonyl (C=O) groups is 3. The summed E-state index contributed by atoms with van der Waals surface area (Å²) in [6.07, 6.45) is -0.571. The van der Waals surface area contributed by atoms with Gasteiger partial charge in [0.2, 0.25) is 0 Å². The molecule has 0 aromatic heterocycles. The summed E-state index contributed by atoms with van der Waals surface area (Å²) in [4.78, 5) is 40.5. The zero-order chi connectivity index (χ0) is 13.4. The molecule has 1 unspecified atom stereocenters. The zero-order valence-electron chi connectivity index (χ0n) is 9.34. The van der Waals surface area contributed by atoms with Crippen molar-refractivity contribution in [2.75, 3.05) is 6.61 Å². The second-order valence-corrected chi connectivity index (χ2v) is 3.39. The van der Waals surface area contributed by atoms with Crippen LogP contribution in [-0.4, -0.2) is 34.7 Å². The molecule has 7 heteroatoms. The van der Waals surface area contributed by atoms with Gasteiger partial charge in [0.25, 0.3) is 0 Å². The van der Waals surface area contributed by atoms with E-state index < -0.39 is 30.2 Å². The van der Waals surface area contributed by atoms with Crippen molar-refractivity contribution in [3.8, 4) is 0 Å². The van der Waals surface area contributed by atoms with Crippen LogP contribution in [0.2, 0.25) is 0 Å².